The number of hydrogen-bond donors (Lipinski definition) is 3. The standard InChI is InChI=1S/C13H18F3N3O2/c1-9(8-20)6-18-12(17)19-7-10-2-4-11(5-3-10)21-13(14,15)16/h2-5,9,20H,6-8H2,1H3,(H3,17,18,19). The van der Waals surface area contributed by atoms with Gasteiger partial charge in [0.1, 0.15) is 5.75 Å². The van der Waals surface area contributed by atoms with Crippen LogP contribution in [0.4, 0.5) is 13.2 Å². The van der Waals surface area contributed by atoms with Crippen LogP contribution in [0.1, 0.15) is 12.5 Å². The zero-order chi connectivity index (χ0) is 15.9. The predicted molar refractivity (Wildman–Crippen MR) is 72.7 cm³/mol. The van der Waals surface area contributed by atoms with Gasteiger partial charge in [0.15, 0.2) is 5.96 Å². The van der Waals surface area contributed by atoms with E-state index in [0.717, 1.165) is 0 Å². The number of benzene rings is 1. The second-order valence-corrected chi connectivity index (χ2v) is 4.56. The lowest BCUT2D eigenvalue weighted by Crippen LogP contribution is -2.35. The maximum absolute atomic E-state index is 12.0. The number of halogens is 3. The van der Waals surface area contributed by atoms with Crippen LogP contribution in [0.15, 0.2) is 29.3 Å². The first-order valence-corrected chi connectivity index (χ1v) is 6.29. The lowest BCUT2D eigenvalue weighted by atomic mass is 10.2. The van der Waals surface area contributed by atoms with E-state index in [1.54, 1.807) is 0 Å². The lowest BCUT2D eigenvalue weighted by Gasteiger charge is -2.10. The van der Waals surface area contributed by atoms with Crippen molar-refractivity contribution in [3.8, 4) is 5.75 Å². The fourth-order valence-corrected chi connectivity index (χ4v) is 1.37. The van der Waals surface area contributed by atoms with Gasteiger partial charge in [-0.2, -0.15) is 0 Å². The van der Waals surface area contributed by atoms with E-state index in [1.807, 2.05) is 6.92 Å². The van der Waals surface area contributed by atoms with E-state index in [-0.39, 0.29) is 30.8 Å². The van der Waals surface area contributed by atoms with Crippen LogP contribution in [0.25, 0.3) is 0 Å². The van der Waals surface area contributed by atoms with Crippen LogP contribution in [0, 0.1) is 5.92 Å². The SMILES string of the molecule is CC(CO)CNC(N)=NCc1ccc(OC(F)(F)F)cc1. The lowest BCUT2D eigenvalue weighted by molar-refractivity contribution is -0.274. The molecule has 1 atom stereocenters. The second-order valence-electron chi connectivity index (χ2n) is 4.56. The summed E-state index contributed by atoms with van der Waals surface area (Å²) in [5.74, 6) is -0.0124. The van der Waals surface area contributed by atoms with Crippen molar-refractivity contribution in [1.82, 2.24) is 5.32 Å². The number of guanidine groups is 1. The minimum atomic E-state index is -4.70. The monoisotopic (exact) mass is 305 g/mol. The van der Waals surface area contributed by atoms with Crippen LogP contribution in [0.2, 0.25) is 0 Å². The molecular formula is C13H18F3N3O2. The average Bonchev–Trinajstić information content (AvgIpc) is 2.42. The Morgan fingerprint density at radius 2 is 2.00 bits per heavy atom. The Labute approximate surface area is 120 Å². The first-order chi connectivity index (χ1) is 9.80. The van der Waals surface area contributed by atoms with E-state index in [1.165, 1.54) is 24.3 Å². The zero-order valence-electron chi connectivity index (χ0n) is 11.5. The molecule has 118 valence electrons. The molecule has 0 aliphatic rings. The third-order valence-electron chi connectivity index (χ3n) is 2.53. The van der Waals surface area contributed by atoms with Crippen LogP contribution in [-0.2, 0) is 6.54 Å². The predicted octanol–water partition coefficient (Wildman–Crippen LogP) is 1.62. The van der Waals surface area contributed by atoms with E-state index in [2.05, 4.69) is 15.0 Å². The summed E-state index contributed by atoms with van der Waals surface area (Å²) in [5, 5.41) is 11.7. The average molecular weight is 305 g/mol. The Bertz CT molecular complexity index is 461. The maximum atomic E-state index is 12.0. The number of nitrogens with two attached hydrogens (primary N) is 1. The van der Waals surface area contributed by atoms with E-state index in [9.17, 15) is 13.2 Å². The molecule has 5 nitrogen and oxygen atoms in total. The topological polar surface area (TPSA) is 79.9 Å². The van der Waals surface area contributed by atoms with E-state index in [0.29, 0.717) is 12.1 Å². The molecule has 0 heterocycles. The van der Waals surface area contributed by atoms with E-state index < -0.39 is 6.36 Å². The van der Waals surface area contributed by atoms with Crippen molar-refractivity contribution in [3.05, 3.63) is 29.8 Å². The molecule has 1 rings (SSSR count). The molecule has 1 unspecified atom stereocenters. The molecule has 1 aromatic carbocycles. The highest BCUT2D eigenvalue weighted by Gasteiger charge is 2.30. The van der Waals surface area contributed by atoms with Gasteiger partial charge < -0.3 is 20.9 Å². The second kappa shape index (κ2) is 7.72. The number of rotatable bonds is 6. The molecule has 0 saturated heterocycles. The Kier molecular flexibility index (Phi) is 6.29. The smallest absolute Gasteiger partial charge is 0.406 e. The summed E-state index contributed by atoms with van der Waals surface area (Å²) < 4.78 is 39.7. The van der Waals surface area contributed by atoms with Gasteiger partial charge in [-0.05, 0) is 23.6 Å². The third-order valence-corrected chi connectivity index (χ3v) is 2.53. The van der Waals surface area contributed by atoms with Crippen LogP contribution >= 0.6 is 0 Å². The summed E-state index contributed by atoms with van der Waals surface area (Å²) >= 11 is 0. The summed E-state index contributed by atoms with van der Waals surface area (Å²) in [6, 6.07) is 5.40. The summed E-state index contributed by atoms with van der Waals surface area (Å²) in [4.78, 5) is 4.04. The molecule has 0 amide bonds. The van der Waals surface area contributed by atoms with Gasteiger partial charge in [-0.1, -0.05) is 19.1 Å². The normalized spacial score (nSPS) is 13.9. The van der Waals surface area contributed by atoms with Gasteiger partial charge in [-0.25, -0.2) is 4.99 Å². The molecule has 0 fully saturated rings. The van der Waals surface area contributed by atoms with E-state index >= 15 is 0 Å². The number of aliphatic imine (C=N–C) groups is 1. The molecule has 0 saturated carbocycles. The van der Waals surface area contributed by atoms with Crippen molar-refractivity contribution in [2.75, 3.05) is 13.2 Å². The minimum Gasteiger partial charge on any atom is -0.406 e. The van der Waals surface area contributed by atoms with Crippen molar-refractivity contribution >= 4 is 5.96 Å². The van der Waals surface area contributed by atoms with Gasteiger partial charge >= 0.3 is 6.36 Å². The molecular weight excluding hydrogens is 287 g/mol. The number of alkyl halides is 3. The van der Waals surface area contributed by atoms with Crippen LogP contribution in [0.3, 0.4) is 0 Å². The third kappa shape index (κ3) is 7.40. The Morgan fingerprint density at radius 3 is 2.52 bits per heavy atom. The number of nitrogens with zero attached hydrogens (tertiary/aromatic N) is 1. The Morgan fingerprint density at radius 1 is 1.38 bits per heavy atom. The Hall–Kier alpha value is -1.96. The Balaban J connectivity index is 2.48. The number of aliphatic hydroxyl groups is 1. The van der Waals surface area contributed by atoms with Crippen molar-refractivity contribution in [1.29, 1.82) is 0 Å². The molecule has 0 radical (unpaired) electrons. The summed E-state index contributed by atoms with van der Waals surface area (Å²) in [5.41, 5.74) is 6.32. The molecule has 0 spiro atoms. The van der Waals surface area contributed by atoms with Crippen LogP contribution in [-0.4, -0.2) is 30.6 Å². The summed E-state index contributed by atoms with van der Waals surface area (Å²) in [6.07, 6.45) is -4.70. The number of ether oxygens (including phenoxy) is 1. The van der Waals surface area contributed by atoms with Crippen LogP contribution < -0.4 is 15.8 Å². The van der Waals surface area contributed by atoms with Crippen molar-refractivity contribution in [3.63, 3.8) is 0 Å². The summed E-state index contributed by atoms with van der Waals surface area (Å²) in [7, 11) is 0. The van der Waals surface area contributed by atoms with Gasteiger partial charge in [0.2, 0.25) is 0 Å². The molecule has 4 N–H and O–H groups in total. The number of aliphatic hydroxyl groups excluding tert-OH is 1. The van der Waals surface area contributed by atoms with Crippen LogP contribution in [0.5, 0.6) is 5.75 Å². The van der Waals surface area contributed by atoms with Gasteiger partial charge in [-0.15, -0.1) is 13.2 Å². The molecule has 21 heavy (non-hydrogen) atoms. The quantitative estimate of drug-likeness (QED) is 0.551. The molecule has 0 bridgehead atoms. The first-order valence-electron chi connectivity index (χ1n) is 6.29. The number of hydrogen-bond acceptors (Lipinski definition) is 3. The zero-order valence-corrected chi connectivity index (χ0v) is 11.5. The highest BCUT2D eigenvalue weighted by Crippen LogP contribution is 2.22. The van der Waals surface area contributed by atoms with Gasteiger partial charge in [0.25, 0.3) is 0 Å². The highest BCUT2D eigenvalue weighted by molar-refractivity contribution is 5.77. The fourth-order valence-electron chi connectivity index (χ4n) is 1.37. The fraction of sp³-hybridized carbons (Fsp3) is 0.462. The van der Waals surface area contributed by atoms with Crippen molar-refractivity contribution < 1.29 is 23.0 Å². The summed E-state index contributed by atoms with van der Waals surface area (Å²) in [6.45, 7) is 2.61. The minimum absolute atomic E-state index is 0.0426. The molecule has 0 aliphatic heterocycles. The number of nitrogens with one attached hydrogen (secondary N) is 1. The molecule has 1 aromatic rings. The molecule has 8 heteroatoms. The molecule has 0 aliphatic carbocycles. The maximum Gasteiger partial charge on any atom is 0.573 e. The van der Waals surface area contributed by atoms with E-state index in [4.69, 9.17) is 10.8 Å². The van der Waals surface area contributed by atoms with Gasteiger partial charge in [-0.3, -0.25) is 0 Å². The largest absolute Gasteiger partial charge is 0.573 e. The van der Waals surface area contributed by atoms with Crippen molar-refractivity contribution in [2.45, 2.75) is 19.8 Å². The van der Waals surface area contributed by atoms with Gasteiger partial charge in [0.05, 0.1) is 6.54 Å². The van der Waals surface area contributed by atoms with Gasteiger partial charge in [0, 0.05) is 13.2 Å². The first kappa shape index (κ1) is 17.1. The highest BCUT2D eigenvalue weighted by atomic mass is 19.4. The van der Waals surface area contributed by atoms with Crippen molar-refractivity contribution in [2.24, 2.45) is 16.6 Å². The molecule has 0 aromatic heterocycles.